The van der Waals surface area contributed by atoms with Gasteiger partial charge in [0.2, 0.25) is 0 Å². The molecule has 2 aromatic rings. The maximum absolute atomic E-state index is 12.4. The molecule has 0 fully saturated rings. The molecule has 0 aromatic heterocycles. The average Bonchev–Trinajstić information content (AvgIpc) is 2.61. The molecule has 0 bridgehead atoms. The second-order valence-electron chi connectivity index (χ2n) is 4.71. The van der Waals surface area contributed by atoms with Crippen molar-refractivity contribution in [1.82, 2.24) is 0 Å². The Balaban J connectivity index is 2.41. The van der Waals surface area contributed by atoms with E-state index in [2.05, 4.69) is 5.32 Å². The van der Waals surface area contributed by atoms with Crippen LogP contribution in [0.25, 0.3) is 0 Å². The molecule has 0 aliphatic heterocycles. The molecule has 0 atom stereocenters. The molecule has 0 saturated carbocycles. The van der Waals surface area contributed by atoms with E-state index in [1.54, 1.807) is 24.3 Å². The van der Waals surface area contributed by atoms with Crippen molar-refractivity contribution in [3.05, 3.63) is 52.5 Å². The number of amides is 1. The molecule has 7 heteroatoms. The number of nitrogens with one attached hydrogen (secondary N) is 1. The molecule has 1 amide bonds. The van der Waals surface area contributed by atoms with Crippen molar-refractivity contribution >= 4 is 29.2 Å². The van der Waals surface area contributed by atoms with Crippen LogP contribution in [0, 0.1) is 0 Å². The van der Waals surface area contributed by atoms with E-state index in [0.717, 1.165) is 0 Å². The van der Waals surface area contributed by atoms with E-state index in [1.807, 2.05) is 0 Å². The zero-order valence-corrected chi connectivity index (χ0v) is 14.1. The highest BCUT2D eigenvalue weighted by Gasteiger charge is 2.19. The predicted molar refractivity (Wildman–Crippen MR) is 90.3 cm³/mol. The summed E-state index contributed by atoms with van der Waals surface area (Å²) in [6.07, 6.45) is 0. The molecule has 0 unspecified atom stereocenters. The SMILES string of the molecule is COC(=O)c1cc(OC)c(OC)cc1NC(=O)c1ccc(Cl)cc1. The third-order valence-electron chi connectivity index (χ3n) is 3.28. The van der Waals surface area contributed by atoms with Crippen LogP contribution in [0.15, 0.2) is 36.4 Å². The quantitative estimate of drug-likeness (QED) is 0.837. The first-order chi connectivity index (χ1) is 11.5. The standard InChI is InChI=1S/C17H16ClNO5/c1-22-14-8-12(17(21)24-3)13(9-15(14)23-2)19-16(20)10-4-6-11(18)7-5-10/h4-9H,1-3H3,(H,19,20). The van der Waals surface area contributed by atoms with E-state index in [9.17, 15) is 9.59 Å². The van der Waals surface area contributed by atoms with Crippen molar-refractivity contribution in [3.63, 3.8) is 0 Å². The summed E-state index contributed by atoms with van der Waals surface area (Å²) in [4.78, 5) is 24.3. The van der Waals surface area contributed by atoms with Crippen LogP contribution in [0.4, 0.5) is 5.69 Å². The Morgan fingerprint density at radius 3 is 2.08 bits per heavy atom. The first kappa shape index (κ1) is 17.6. The van der Waals surface area contributed by atoms with Gasteiger partial charge in [-0.15, -0.1) is 0 Å². The normalized spacial score (nSPS) is 10.0. The number of halogens is 1. The lowest BCUT2D eigenvalue weighted by Gasteiger charge is -2.14. The zero-order valence-electron chi connectivity index (χ0n) is 13.4. The minimum atomic E-state index is -0.609. The van der Waals surface area contributed by atoms with E-state index in [0.29, 0.717) is 22.1 Å². The van der Waals surface area contributed by atoms with Crippen LogP contribution in [0.2, 0.25) is 5.02 Å². The molecule has 6 nitrogen and oxygen atoms in total. The predicted octanol–water partition coefficient (Wildman–Crippen LogP) is 3.40. The maximum atomic E-state index is 12.4. The molecule has 0 radical (unpaired) electrons. The van der Waals surface area contributed by atoms with Gasteiger partial charge in [-0.1, -0.05) is 11.6 Å². The Labute approximate surface area is 144 Å². The fraction of sp³-hybridized carbons (Fsp3) is 0.176. The number of carbonyl (C=O) groups is 2. The van der Waals surface area contributed by atoms with Crippen molar-refractivity contribution in [1.29, 1.82) is 0 Å². The lowest BCUT2D eigenvalue weighted by molar-refractivity contribution is 0.0601. The topological polar surface area (TPSA) is 73.9 Å². The minimum absolute atomic E-state index is 0.150. The van der Waals surface area contributed by atoms with Gasteiger partial charge in [0.1, 0.15) is 0 Å². The van der Waals surface area contributed by atoms with Crippen LogP contribution in [0.3, 0.4) is 0 Å². The number of anilines is 1. The third-order valence-corrected chi connectivity index (χ3v) is 3.54. The van der Waals surface area contributed by atoms with Gasteiger partial charge in [-0.25, -0.2) is 4.79 Å². The summed E-state index contributed by atoms with van der Waals surface area (Å²) in [5.41, 5.74) is 0.793. The number of esters is 1. The Kier molecular flexibility index (Phi) is 5.65. The van der Waals surface area contributed by atoms with Crippen LogP contribution in [0.5, 0.6) is 11.5 Å². The fourth-order valence-electron chi connectivity index (χ4n) is 2.06. The maximum Gasteiger partial charge on any atom is 0.340 e. The van der Waals surface area contributed by atoms with Crippen molar-refractivity contribution in [3.8, 4) is 11.5 Å². The molecule has 1 N–H and O–H groups in total. The highest BCUT2D eigenvalue weighted by Crippen LogP contribution is 2.34. The van der Waals surface area contributed by atoms with Crippen LogP contribution < -0.4 is 14.8 Å². The van der Waals surface area contributed by atoms with E-state index in [1.165, 1.54) is 33.5 Å². The molecule has 126 valence electrons. The molecule has 2 rings (SSSR count). The molecular formula is C17H16ClNO5. The summed E-state index contributed by atoms with van der Waals surface area (Å²) in [5.74, 6) is -0.287. The van der Waals surface area contributed by atoms with Crippen molar-refractivity contribution in [2.45, 2.75) is 0 Å². The first-order valence-electron chi connectivity index (χ1n) is 6.91. The van der Waals surface area contributed by atoms with Gasteiger partial charge in [0, 0.05) is 22.7 Å². The number of carbonyl (C=O) groups excluding carboxylic acids is 2. The van der Waals surface area contributed by atoms with Crippen molar-refractivity contribution < 1.29 is 23.8 Å². The van der Waals surface area contributed by atoms with Gasteiger partial charge in [0.25, 0.3) is 5.91 Å². The van der Waals surface area contributed by atoms with Crippen LogP contribution in [-0.4, -0.2) is 33.2 Å². The van der Waals surface area contributed by atoms with E-state index in [4.69, 9.17) is 25.8 Å². The molecule has 0 saturated heterocycles. The van der Waals surface area contributed by atoms with Gasteiger partial charge in [0.15, 0.2) is 11.5 Å². The summed E-state index contributed by atoms with van der Waals surface area (Å²) in [6, 6.07) is 9.31. The number of methoxy groups -OCH3 is 3. The van der Waals surface area contributed by atoms with Crippen LogP contribution >= 0.6 is 11.6 Å². The number of rotatable bonds is 5. The van der Waals surface area contributed by atoms with Gasteiger partial charge in [-0.2, -0.15) is 0 Å². The van der Waals surface area contributed by atoms with Gasteiger partial charge in [-0.05, 0) is 24.3 Å². The summed E-state index contributed by atoms with van der Waals surface area (Å²) in [6.45, 7) is 0. The summed E-state index contributed by atoms with van der Waals surface area (Å²) < 4.78 is 15.1. The van der Waals surface area contributed by atoms with Gasteiger partial charge < -0.3 is 19.5 Å². The summed E-state index contributed by atoms with van der Waals surface area (Å²) in [5, 5.41) is 3.19. The first-order valence-corrected chi connectivity index (χ1v) is 7.29. The smallest absolute Gasteiger partial charge is 0.340 e. The monoisotopic (exact) mass is 349 g/mol. The number of benzene rings is 2. The Bertz CT molecular complexity index is 758. The Morgan fingerprint density at radius 1 is 0.958 bits per heavy atom. The van der Waals surface area contributed by atoms with Crippen molar-refractivity contribution in [2.24, 2.45) is 0 Å². The van der Waals surface area contributed by atoms with Gasteiger partial charge in [-0.3, -0.25) is 4.79 Å². The van der Waals surface area contributed by atoms with Gasteiger partial charge >= 0.3 is 5.97 Å². The molecule has 2 aromatic carbocycles. The highest BCUT2D eigenvalue weighted by atomic mass is 35.5. The molecule has 24 heavy (non-hydrogen) atoms. The molecule has 0 aliphatic carbocycles. The lowest BCUT2D eigenvalue weighted by atomic mass is 10.1. The second kappa shape index (κ2) is 7.70. The number of ether oxygens (including phenoxy) is 3. The second-order valence-corrected chi connectivity index (χ2v) is 5.14. The van der Waals surface area contributed by atoms with E-state index in [-0.39, 0.29) is 11.3 Å². The van der Waals surface area contributed by atoms with Crippen molar-refractivity contribution in [2.75, 3.05) is 26.6 Å². The lowest BCUT2D eigenvalue weighted by Crippen LogP contribution is -2.15. The Hall–Kier alpha value is -2.73. The summed E-state index contributed by atoms with van der Waals surface area (Å²) >= 11 is 5.81. The zero-order chi connectivity index (χ0) is 17.7. The fourth-order valence-corrected chi connectivity index (χ4v) is 2.18. The van der Waals surface area contributed by atoms with E-state index >= 15 is 0 Å². The van der Waals surface area contributed by atoms with Crippen LogP contribution in [-0.2, 0) is 4.74 Å². The molecular weight excluding hydrogens is 334 g/mol. The van der Waals surface area contributed by atoms with E-state index < -0.39 is 11.9 Å². The van der Waals surface area contributed by atoms with Crippen LogP contribution in [0.1, 0.15) is 20.7 Å². The summed E-state index contributed by atoms with van der Waals surface area (Å²) in [7, 11) is 4.16. The molecule has 0 heterocycles. The molecule has 0 spiro atoms. The average molecular weight is 350 g/mol. The number of hydrogen-bond acceptors (Lipinski definition) is 5. The Morgan fingerprint density at radius 2 is 1.54 bits per heavy atom. The third kappa shape index (κ3) is 3.78. The minimum Gasteiger partial charge on any atom is -0.493 e. The molecule has 0 aliphatic rings. The highest BCUT2D eigenvalue weighted by molar-refractivity contribution is 6.30. The largest absolute Gasteiger partial charge is 0.493 e. The van der Waals surface area contributed by atoms with Gasteiger partial charge in [0.05, 0.1) is 32.6 Å². The number of hydrogen-bond donors (Lipinski definition) is 1.